The first-order valence-electron chi connectivity index (χ1n) is 4.77. The summed E-state index contributed by atoms with van der Waals surface area (Å²) < 4.78 is 0.793. The topological polar surface area (TPSA) is 65.4 Å². The smallest absolute Gasteiger partial charge is 0.108 e. The molecule has 1 aromatic heterocycles. The van der Waals surface area contributed by atoms with Crippen LogP contribution in [0.4, 0.5) is 0 Å². The molecule has 0 bridgehead atoms. The van der Waals surface area contributed by atoms with Crippen molar-refractivity contribution in [3.05, 3.63) is 28.0 Å². The molecule has 0 aromatic carbocycles. The number of aryl methyl sites for hydroxylation is 1. The predicted octanol–water partition coefficient (Wildman–Crippen LogP) is 0.768. The van der Waals surface area contributed by atoms with Gasteiger partial charge in [0.25, 0.3) is 0 Å². The van der Waals surface area contributed by atoms with E-state index in [2.05, 4.69) is 26.2 Å². The van der Waals surface area contributed by atoms with Crippen LogP contribution >= 0.6 is 15.9 Å². The summed E-state index contributed by atoms with van der Waals surface area (Å²) in [6.07, 6.45) is 1.05. The Morgan fingerprint density at radius 3 is 2.93 bits per heavy atom. The van der Waals surface area contributed by atoms with Gasteiger partial charge in [-0.05, 0) is 34.5 Å². The van der Waals surface area contributed by atoms with Gasteiger partial charge in [-0.2, -0.15) is 0 Å². The minimum absolute atomic E-state index is 0.0737. The van der Waals surface area contributed by atoms with Gasteiger partial charge >= 0.3 is 0 Å². The quantitative estimate of drug-likeness (QED) is 0.548. The number of rotatable bonds is 5. The van der Waals surface area contributed by atoms with E-state index >= 15 is 0 Å². The molecule has 4 nitrogen and oxygen atoms in total. The van der Waals surface area contributed by atoms with Gasteiger partial charge in [-0.15, -0.1) is 0 Å². The standard InChI is InChI=1S/C10H15BrN2O2/c1-7-4-8(5-13-10(7)11)9(15)6-12-2-3-14/h4-5,9,12,14-15H,2-3,6H2,1H3/t9-/m1/s1. The van der Waals surface area contributed by atoms with Gasteiger partial charge in [0, 0.05) is 24.8 Å². The van der Waals surface area contributed by atoms with Crippen LogP contribution in [0.15, 0.2) is 16.9 Å². The van der Waals surface area contributed by atoms with Crippen LogP contribution in [0.3, 0.4) is 0 Å². The number of hydrogen-bond acceptors (Lipinski definition) is 4. The fourth-order valence-electron chi connectivity index (χ4n) is 1.20. The Hall–Kier alpha value is -0.490. The molecule has 0 amide bonds. The molecule has 0 aliphatic carbocycles. The summed E-state index contributed by atoms with van der Waals surface area (Å²) in [6, 6.07) is 1.89. The first kappa shape index (κ1) is 12.6. The largest absolute Gasteiger partial charge is 0.395 e. The van der Waals surface area contributed by atoms with Crippen LogP contribution in [0.5, 0.6) is 0 Å². The van der Waals surface area contributed by atoms with Crippen molar-refractivity contribution in [1.29, 1.82) is 0 Å². The molecule has 15 heavy (non-hydrogen) atoms. The van der Waals surface area contributed by atoms with Crippen LogP contribution in [-0.4, -0.2) is 34.9 Å². The number of nitrogens with one attached hydrogen (secondary N) is 1. The van der Waals surface area contributed by atoms with E-state index in [-0.39, 0.29) is 6.61 Å². The Morgan fingerprint density at radius 2 is 2.33 bits per heavy atom. The predicted molar refractivity (Wildman–Crippen MR) is 61.6 cm³/mol. The number of halogens is 1. The van der Waals surface area contributed by atoms with Crippen molar-refractivity contribution in [2.45, 2.75) is 13.0 Å². The van der Waals surface area contributed by atoms with E-state index < -0.39 is 6.10 Å². The van der Waals surface area contributed by atoms with Crippen LogP contribution in [0.2, 0.25) is 0 Å². The summed E-state index contributed by atoms with van der Waals surface area (Å²) in [5.74, 6) is 0. The third-order valence-corrected chi connectivity index (χ3v) is 2.88. The van der Waals surface area contributed by atoms with Gasteiger partial charge < -0.3 is 15.5 Å². The highest BCUT2D eigenvalue weighted by molar-refractivity contribution is 9.10. The fraction of sp³-hybridized carbons (Fsp3) is 0.500. The maximum Gasteiger partial charge on any atom is 0.108 e. The molecule has 0 fully saturated rings. The first-order valence-corrected chi connectivity index (χ1v) is 5.56. The Bertz CT molecular complexity index is 320. The van der Waals surface area contributed by atoms with E-state index in [9.17, 15) is 5.11 Å². The minimum Gasteiger partial charge on any atom is -0.395 e. The lowest BCUT2D eigenvalue weighted by molar-refractivity contribution is 0.170. The first-order chi connectivity index (χ1) is 7.15. The van der Waals surface area contributed by atoms with Gasteiger partial charge in [-0.25, -0.2) is 4.98 Å². The molecule has 0 saturated heterocycles. The van der Waals surface area contributed by atoms with Crippen molar-refractivity contribution < 1.29 is 10.2 Å². The fourth-order valence-corrected chi connectivity index (χ4v) is 1.41. The zero-order valence-corrected chi connectivity index (χ0v) is 10.2. The van der Waals surface area contributed by atoms with Gasteiger partial charge in [-0.3, -0.25) is 0 Å². The summed E-state index contributed by atoms with van der Waals surface area (Å²) in [5, 5.41) is 21.3. The molecule has 1 atom stereocenters. The summed E-state index contributed by atoms with van der Waals surface area (Å²) >= 11 is 3.30. The Kier molecular flexibility index (Phi) is 5.17. The van der Waals surface area contributed by atoms with Gasteiger partial charge in [-0.1, -0.05) is 0 Å². The zero-order valence-electron chi connectivity index (χ0n) is 8.57. The lowest BCUT2D eigenvalue weighted by Gasteiger charge is -2.12. The molecule has 1 heterocycles. The normalized spacial score (nSPS) is 12.8. The monoisotopic (exact) mass is 274 g/mol. The van der Waals surface area contributed by atoms with Crippen LogP contribution in [-0.2, 0) is 0 Å². The van der Waals surface area contributed by atoms with E-state index in [1.807, 2.05) is 13.0 Å². The number of hydrogen-bond donors (Lipinski definition) is 3. The van der Waals surface area contributed by atoms with Gasteiger partial charge in [0.2, 0.25) is 0 Å². The average molecular weight is 275 g/mol. The number of aliphatic hydroxyl groups excluding tert-OH is 2. The molecule has 0 radical (unpaired) electrons. The highest BCUT2D eigenvalue weighted by Gasteiger charge is 2.08. The van der Waals surface area contributed by atoms with E-state index in [0.717, 1.165) is 15.7 Å². The molecule has 0 spiro atoms. The Balaban J connectivity index is 2.57. The minimum atomic E-state index is -0.587. The van der Waals surface area contributed by atoms with Crippen molar-refractivity contribution >= 4 is 15.9 Å². The maximum absolute atomic E-state index is 9.76. The number of aliphatic hydroxyl groups is 2. The molecule has 0 aliphatic heterocycles. The van der Waals surface area contributed by atoms with Crippen LogP contribution in [0.25, 0.3) is 0 Å². The molecule has 3 N–H and O–H groups in total. The SMILES string of the molecule is Cc1cc([C@H](O)CNCCO)cnc1Br. The van der Waals surface area contributed by atoms with E-state index in [1.165, 1.54) is 0 Å². The Labute approximate surface area is 97.5 Å². The molecular formula is C10H15BrN2O2. The van der Waals surface area contributed by atoms with Crippen molar-refractivity contribution in [2.24, 2.45) is 0 Å². The van der Waals surface area contributed by atoms with E-state index in [1.54, 1.807) is 6.20 Å². The molecule has 0 saturated carbocycles. The second-order valence-corrected chi connectivity index (χ2v) is 4.07. The highest BCUT2D eigenvalue weighted by Crippen LogP contribution is 2.17. The van der Waals surface area contributed by atoms with Crippen molar-refractivity contribution in [3.8, 4) is 0 Å². The van der Waals surface area contributed by atoms with Crippen LogP contribution < -0.4 is 5.32 Å². The van der Waals surface area contributed by atoms with Crippen molar-refractivity contribution in [1.82, 2.24) is 10.3 Å². The molecular weight excluding hydrogens is 260 g/mol. The van der Waals surface area contributed by atoms with Crippen molar-refractivity contribution in [3.63, 3.8) is 0 Å². The van der Waals surface area contributed by atoms with E-state index in [0.29, 0.717) is 13.1 Å². The summed E-state index contributed by atoms with van der Waals surface area (Å²) in [5.41, 5.74) is 1.77. The third-order valence-electron chi connectivity index (χ3n) is 2.05. The van der Waals surface area contributed by atoms with Crippen molar-refractivity contribution in [2.75, 3.05) is 19.7 Å². The molecule has 1 aromatic rings. The van der Waals surface area contributed by atoms with Gasteiger partial charge in [0.1, 0.15) is 4.60 Å². The maximum atomic E-state index is 9.76. The molecule has 0 aliphatic rings. The molecule has 1 rings (SSSR count). The highest BCUT2D eigenvalue weighted by atomic mass is 79.9. The molecule has 0 unspecified atom stereocenters. The van der Waals surface area contributed by atoms with Crippen LogP contribution in [0.1, 0.15) is 17.2 Å². The second kappa shape index (κ2) is 6.17. The third kappa shape index (κ3) is 3.87. The molecule has 5 heteroatoms. The number of nitrogens with zero attached hydrogens (tertiary/aromatic N) is 1. The second-order valence-electron chi connectivity index (χ2n) is 3.32. The van der Waals surface area contributed by atoms with Gasteiger partial charge in [0.05, 0.1) is 12.7 Å². The summed E-state index contributed by atoms with van der Waals surface area (Å²) in [4.78, 5) is 4.11. The summed E-state index contributed by atoms with van der Waals surface area (Å²) in [7, 11) is 0. The van der Waals surface area contributed by atoms with Gasteiger partial charge in [0.15, 0.2) is 0 Å². The molecule has 84 valence electrons. The number of aromatic nitrogens is 1. The summed E-state index contributed by atoms with van der Waals surface area (Å²) in [6.45, 7) is 2.90. The zero-order chi connectivity index (χ0) is 11.3. The Morgan fingerprint density at radius 1 is 1.60 bits per heavy atom. The lowest BCUT2D eigenvalue weighted by atomic mass is 10.1. The average Bonchev–Trinajstić information content (AvgIpc) is 2.22. The van der Waals surface area contributed by atoms with Crippen LogP contribution in [0, 0.1) is 6.92 Å². The van der Waals surface area contributed by atoms with E-state index in [4.69, 9.17) is 5.11 Å². The lowest BCUT2D eigenvalue weighted by Crippen LogP contribution is -2.24. The number of pyridine rings is 1.